The average molecular weight is 290 g/mol. The van der Waals surface area contributed by atoms with E-state index in [0.717, 1.165) is 0 Å². The molecule has 1 heterocycles. The number of nitrogens with zero attached hydrogens (tertiary/aromatic N) is 3. The standard InChI is InChI=1S/C13H14N4O2S/c1-10(2)17-9-12(8-15-17)16-20(18,19)13-5-3-4-11(6-13)7-14/h3-6,8-10,16H,1-2H3. The van der Waals surface area contributed by atoms with Crippen LogP contribution in [-0.2, 0) is 10.0 Å². The highest BCUT2D eigenvalue weighted by molar-refractivity contribution is 7.92. The van der Waals surface area contributed by atoms with Gasteiger partial charge in [-0.3, -0.25) is 9.40 Å². The van der Waals surface area contributed by atoms with Crippen LogP contribution >= 0.6 is 0 Å². The number of aromatic nitrogens is 2. The minimum absolute atomic E-state index is 0.0499. The van der Waals surface area contributed by atoms with Gasteiger partial charge in [-0.25, -0.2) is 8.42 Å². The van der Waals surface area contributed by atoms with Gasteiger partial charge < -0.3 is 0 Å². The fourth-order valence-corrected chi connectivity index (χ4v) is 2.69. The Morgan fingerprint density at radius 2 is 2.15 bits per heavy atom. The predicted molar refractivity (Wildman–Crippen MR) is 74.6 cm³/mol. The molecule has 2 aromatic rings. The molecular formula is C13H14N4O2S. The highest BCUT2D eigenvalue weighted by Crippen LogP contribution is 2.17. The van der Waals surface area contributed by atoms with Crippen LogP contribution in [0, 0.1) is 11.3 Å². The summed E-state index contributed by atoms with van der Waals surface area (Å²) in [6.45, 7) is 3.89. The second-order valence-electron chi connectivity index (χ2n) is 4.55. The zero-order valence-electron chi connectivity index (χ0n) is 11.1. The highest BCUT2D eigenvalue weighted by Gasteiger charge is 2.15. The molecule has 0 aliphatic carbocycles. The van der Waals surface area contributed by atoms with E-state index >= 15 is 0 Å². The molecule has 0 aliphatic rings. The van der Waals surface area contributed by atoms with Crippen LogP contribution in [-0.4, -0.2) is 18.2 Å². The van der Waals surface area contributed by atoms with E-state index < -0.39 is 10.0 Å². The van der Waals surface area contributed by atoms with Crippen molar-refractivity contribution in [1.29, 1.82) is 5.26 Å². The molecule has 2 rings (SSSR count). The van der Waals surface area contributed by atoms with E-state index in [-0.39, 0.29) is 10.9 Å². The molecule has 6 nitrogen and oxygen atoms in total. The summed E-state index contributed by atoms with van der Waals surface area (Å²) in [6.07, 6.45) is 3.07. The third-order valence-corrected chi connectivity index (χ3v) is 4.04. The largest absolute Gasteiger partial charge is 0.276 e. The summed E-state index contributed by atoms with van der Waals surface area (Å²) in [5, 5.41) is 12.9. The van der Waals surface area contributed by atoms with Crippen LogP contribution in [0.1, 0.15) is 25.5 Å². The number of hydrogen-bond acceptors (Lipinski definition) is 4. The van der Waals surface area contributed by atoms with Crippen molar-refractivity contribution >= 4 is 15.7 Å². The number of rotatable bonds is 4. The zero-order valence-corrected chi connectivity index (χ0v) is 11.9. The number of nitrogens with one attached hydrogen (secondary N) is 1. The SMILES string of the molecule is CC(C)n1cc(NS(=O)(=O)c2cccc(C#N)c2)cn1. The Labute approximate surface area is 117 Å². The van der Waals surface area contributed by atoms with Crippen molar-refractivity contribution < 1.29 is 8.42 Å². The molecule has 1 aromatic heterocycles. The summed E-state index contributed by atoms with van der Waals surface area (Å²) in [4.78, 5) is 0.0499. The fraction of sp³-hybridized carbons (Fsp3) is 0.231. The van der Waals surface area contributed by atoms with Crippen molar-refractivity contribution in [2.75, 3.05) is 4.72 Å². The summed E-state index contributed by atoms with van der Waals surface area (Å²) in [6, 6.07) is 7.91. The number of nitriles is 1. The summed E-state index contributed by atoms with van der Waals surface area (Å²) >= 11 is 0. The van der Waals surface area contributed by atoms with Crippen molar-refractivity contribution in [2.45, 2.75) is 24.8 Å². The molecule has 1 aromatic carbocycles. The van der Waals surface area contributed by atoms with Crippen molar-refractivity contribution in [1.82, 2.24) is 9.78 Å². The lowest BCUT2D eigenvalue weighted by Crippen LogP contribution is -2.12. The maximum absolute atomic E-state index is 12.2. The maximum atomic E-state index is 12.2. The van der Waals surface area contributed by atoms with E-state index in [1.807, 2.05) is 19.9 Å². The van der Waals surface area contributed by atoms with E-state index in [0.29, 0.717) is 11.3 Å². The highest BCUT2D eigenvalue weighted by atomic mass is 32.2. The Morgan fingerprint density at radius 3 is 2.75 bits per heavy atom. The summed E-state index contributed by atoms with van der Waals surface area (Å²) in [7, 11) is -3.71. The molecule has 0 amide bonds. The van der Waals surface area contributed by atoms with Gasteiger partial charge in [0.05, 0.1) is 28.4 Å². The van der Waals surface area contributed by atoms with Crippen LogP contribution in [0.25, 0.3) is 0 Å². The topological polar surface area (TPSA) is 87.8 Å². The van der Waals surface area contributed by atoms with Crippen LogP contribution in [0.4, 0.5) is 5.69 Å². The summed E-state index contributed by atoms with van der Waals surface area (Å²) in [5.74, 6) is 0. The molecule has 104 valence electrons. The third kappa shape index (κ3) is 2.97. The Balaban J connectivity index is 2.28. The number of sulfonamides is 1. The molecule has 0 saturated heterocycles. The first-order chi connectivity index (χ1) is 9.42. The molecule has 7 heteroatoms. The van der Waals surface area contributed by atoms with Gasteiger partial charge in [0, 0.05) is 12.2 Å². The Bertz CT molecular complexity index is 757. The maximum Gasteiger partial charge on any atom is 0.262 e. The van der Waals surface area contributed by atoms with Crippen molar-refractivity contribution in [3.05, 3.63) is 42.2 Å². The third-order valence-electron chi connectivity index (χ3n) is 2.66. The molecule has 0 fully saturated rings. The lowest BCUT2D eigenvalue weighted by atomic mass is 10.2. The lowest BCUT2D eigenvalue weighted by Gasteiger charge is -2.06. The zero-order chi connectivity index (χ0) is 14.8. The first-order valence-electron chi connectivity index (χ1n) is 5.99. The first-order valence-corrected chi connectivity index (χ1v) is 7.48. The van der Waals surface area contributed by atoms with Crippen LogP contribution in [0.15, 0.2) is 41.6 Å². The normalized spacial score (nSPS) is 11.3. The fourth-order valence-electron chi connectivity index (χ4n) is 1.62. The van der Waals surface area contributed by atoms with Gasteiger partial charge in [0.1, 0.15) is 0 Å². The van der Waals surface area contributed by atoms with Crippen LogP contribution < -0.4 is 4.72 Å². The lowest BCUT2D eigenvalue weighted by molar-refractivity contribution is 0.532. The second-order valence-corrected chi connectivity index (χ2v) is 6.23. The molecule has 0 aliphatic heterocycles. The molecule has 20 heavy (non-hydrogen) atoms. The molecule has 0 saturated carbocycles. The molecule has 0 atom stereocenters. The molecule has 1 N–H and O–H groups in total. The van der Waals surface area contributed by atoms with E-state index in [9.17, 15) is 8.42 Å². The van der Waals surface area contributed by atoms with Gasteiger partial charge in [0.25, 0.3) is 10.0 Å². The molecule has 0 radical (unpaired) electrons. The monoisotopic (exact) mass is 290 g/mol. The molecule has 0 bridgehead atoms. The van der Waals surface area contributed by atoms with Crippen molar-refractivity contribution in [2.24, 2.45) is 0 Å². The Morgan fingerprint density at radius 1 is 1.40 bits per heavy atom. The summed E-state index contributed by atoms with van der Waals surface area (Å²) in [5.41, 5.74) is 0.687. The van der Waals surface area contributed by atoms with Gasteiger partial charge in [-0.1, -0.05) is 6.07 Å². The predicted octanol–water partition coefficient (Wildman–Crippen LogP) is 2.14. The number of benzene rings is 1. The average Bonchev–Trinajstić information content (AvgIpc) is 2.87. The quantitative estimate of drug-likeness (QED) is 0.934. The van der Waals surface area contributed by atoms with Crippen LogP contribution in [0.3, 0.4) is 0 Å². The number of anilines is 1. The van der Waals surface area contributed by atoms with Gasteiger partial charge in [-0.15, -0.1) is 0 Å². The van der Waals surface area contributed by atoms with Gasteiger partial charge in [-0.2, -0.15) is 10.4 Å². The minimum atomic E-state index is -3.71. The van der Waals surface area contributed by atoms with Gasteiger partial charge >= 0.3 is 0 Å². The van der Waals surface area contributed by atoms with Crippen molar-refractivity contribution in [3.8, 4) is 6.07 Å². The summed E-state index contributed by atoms with van der Waals surface area (Å²) < 4.78 is 28.5. The number of hydrogen-bond donors (Lipinski definition) is 1. The molecular weight excluding hydrogens is 276 g/mol. The Kier molecular flexibility index (Phi) is 3.77. The Hall–Kier alpha value is -2.33. The van der Waals surface area contributed by atoms with Gasteiger partial charge in [0.15, 0.2) is 0 Å². The van der Waals surface area contributed by atoms with E-state index in [1.165, 1.54) is 24.4 Å². The van der Waals surface area contributed by atoms with Crippen LogP contribution in [0.5, 0.6) is 0 Å². The molecule has 0 spiro atoms. The minimum Gasteiger partial charge on any atom is -0.276 e. The second kappa shape index (κ2) is 5.35. The van der Waals surface area contributed by atoms with E-state index in [2.05, 4.69) is 9.82 Å². The van der Waals surface area contributed by atoms with E-state index in [1.54, 1.807) is 16.9 Å². The first kappa shape index (κ1) is 14.1. The smallest absolute Gasteiger partial charge is 0.262 e. The van der Waals surface area contributed by atoms with Crippen LogP contribution in [0.2, 0.25) is 0 Å². The van der Waals surface area contributed by atoms with Crippen molar-refractivity contribution in [3.63, 3.8) is 0 Å². The van der Waals surface area contributed by atoms with Gasteiger partial charge in [-0.05, 0) is 32.0 Å². The van der Waals surface area contributed by atoms with E-state index in [4.69, 9.17) is 5.26 Å². The molecule has 0 unspecified atom stereocenters. The van der Waals surface area contributed by atoms with Gasteiger partial charge in [0.2, 0.25) is 0 Å².